The molecule has 7 heteroatoms. The highest BCUT2D eigenvalue weighted by Gasteiger charge is 2.26. The number of rotatable bonds is 6. The molecule has 1 aromatic heterocycles. The van der Waals surface area contributed by atoms with E-state index in [0.29, 0.717) is 17.5 Å². The van der Waals surface area contributed by atoms with Gasteiger partial charge in [0.25, 0.3) is 0 Å². The number of aliphatic hydroxyl groups is 1. The van der Waals surface area contributed by atoms with Crippen molar-refractivity contribution in [2.45, 2.75) is 25.5 Å². The second-order valence-electron chi connectivity index (χ2n) is 6.25. The number of β-amino-alcohol motifs (C(OH)–C–C–N with tert-alkyl or cyclic N) is 1. The molecular formula is C18H22ClFN4O. The summed E-state index contributed by atoms with van der Waals surface area (Å²) in [5.74, 6) is 0.397. The van der Waals surface area contributed by atoms with Gasteiger partial charge >= 0.3 is 0 Å². The lowest BCUT2D eigenvalue weighted by atomic mass is 10.1. The largest absolute Gasteiger partial charge is 0.376 e. The molecule has 134 valence electrons. The number of hydrogen-bond acceptors (Lipinski definition) is 5. The van der Waals surface area contributed by atoms with Crippen LogP contribution in [0.4, 0.5) is 10.3 Å². The van der Waals surface area contributed by atoms with E-state index >= 15 is 0 Å². The fraction of sp³-hybridized carbons (Fsp3) is 0.444. The third-order valence-electron chi connectivity index (χ3n) is 4.43. The Morgan fingerprint density at radius 3 is 2.52 bits per heavy atom. The molecule has 1 atom stereocenters. The fourth-order valence-electron chi connectivity index (χ4n) is 3.01. The smallest absolute Gasteiger partial charge is 0.225 e. The minimum atomic E-state index is -0.529. The van der Waals surface area contributed by atoms with E-state index in [-0.39, 0.29) is 5.82 Å². The number of unbranched alkanes of at least 4 members (excludes halogenated alkanes) is 1. The van der Waals surface area contributed by atoms with Gasteiger partial charge in [0.15, 0.2) is 0 Å². The topological polar surface area (TPSA) is 52.5 Å². The first-order valence-corrected chi connectivity index (χ1v) is 8.88. The van der Waals surface area contributed by atoms with Crippen LogP contribution in [0.25, 0.3) is 0 Å². The van der Waals surface area contributed by atoms with E-state index in [1.165, 1.54) is 12.1 Å². The zero-order chi connectivity index (χ0) is 17.6. The molecule has 25 heavy (non-hydrogen) atoms. The summed E-state index contributed by atoms with van der Waals surface area (Å²) in [6.07, 6.45) is 5.54. The Morgan fingerprint density at radius 2 is 1.84 bits per heavy atom. The number of anilines is 1. The van der Waals surface area contributed by atoms with E-state index in [4.69, 9.17) is 11.6 Å². The van der Waals surface area contributed by atoms with E-state index in [2.05, 4.69) is 14.9 Å². The van der Waals surface area contributed by atoms with Gasteiger partial charge < -0.3 is 10.0 Å². The first-order valence-electron chi connectivity index (χ1n) is 8.51. The molecular weight excluding hydrogens is 343 g/mol. The highest BCUT2D eigenvalue weighted by atomic mass is 35.5. The molecule has 5 nitrogen and oxygen atoms in total. The maximum atomic E-state index is 12.9. The average Bonchev–Trinajstić information content (AvgIpc) is 2.62. The van der Waals surface area contributed by atoms with Gasteiger partial charge in [-0.1, -0.05) is 23.7 Å². The molecule has 1 unspecified atom stereocenters. The van der Waals surface area contributed by atoms with Gasteiger partial charge in [-0.3, -0.25) is 4.90 Å². The van der Waals surface area contributed by atoms with Gasteiger partial charge in [-0.25, -0.2) is 14.4 Å². The van der Waals surface area contributed by atoms with Crippen LogP contribution in [-0.2, 0) is 6.42 Å². The molecule has 0 amide bonds. The molecule has 1 aromatic carbocycles. The maximum Gasteiger partial charge on any atom is 0.225 e. The van der Waals surface area contributed by atoms with Crippen molar-refractivity contribution >= 4 is 17.5 Å². The van der Waals surface area contributed by atoms with Gasteiger partial charge in [-0.05, 0) is 37.0 Å². The summed E-state index contributed by atoms with van der Waals surface area (Å²) < 4.78 is 12.9. The van der Waals surface area contributed by atoms with E-state index in [9.17, 15) is 9.50 Å². The third-order valence-corrected chi connectivity index (χ3v) is 4.62. The molecule has 2 aromatic rings. The van der Waals surface area contributed by atoms with Crippen LogP contribution in [0.5, 0.6) is 0 Å². The van der Waals surface area contributed by atoms with E-state index in [0.717, 1.165) is 44.5 Å². The van der Waals surface area contributed by atoms with Crippen molar-refractivity contribution in [3.05, 3.63) is 53.1 Å². The van der Waals surface area contributed by atoms with Crippen LogP contribution in [0.3, 0.4) is 0 Å². The molecule has 0 aliphatic carbocycles. The van der Waals surface area contributed by atoms with Gasteiger partial charge in [0, 0.05) is 19.6 Å². The van der Waals surface area contributed by atoms with E-state index in [1.54, 1.807) is 12.4 Å². The van der Waals surface area contributed by atoms with Crippen LogP contribution in [0.2, 0.25) is 5.02 Å². The molecule has 1 aliphatic rings. The second kappa shape index (κ2) is 8.56. The molecule has 3 rings (SSSR count). The number of hydrogen-bond donors (Lipinski definition) is 1. The number of aliphatic hydroxyl groups excluding tert-OH is 1. The summed E-state index contributed by atoms with van der Waals surface area (Å²) in [6, 6.07) is 6.65. The Balaban J connectivity index is 1.41. The van der Waals surface area contributed by atoms with Crippen LogP contribution >= 0.6 is 11.6 Å². The van der Waals surface area contributed by atoms with Crippen molar-refractivity contribution in [1.82, 2.24) is 14.9 Å². The highest BCUT2D eigenvalue weighted by molar-refractivity contribution is 6.30. The van der Waals surface area contributed by atoms with Crippen LogP contribution < -0.4 is 4.90 Å². The van der Waals surface area contributed by atoms with E-state index < -0.39 is 6.23 Å². The van der Waals surface area contributed by atoms with Crippen molar-refractivity contribution in [2.24, 2.45) is 0 Å². The lowest BCUT2D eigenvalue weighted by Gasteiger charge is -2.38. The normalized spacial score (nSPS) is 18.5. The number of piperazine rings is 1. The maximum absolute atomic E-state index is 12.9. The van der Waals surface area contributed by atoms with Gasteiger partial charge in [0.2, 0.25) is 5.95 Å². The third kappa shape index (κ3) is 5.11. The lowest BCUT2D eigenvalue weighted by molar-refractivity contribution is -0.00460. The van der Waals surface area contributed by atoms with Crippen LogP contribution in [0, 0.1) is 5.82 Å². The summed E-state index contributed by atoms with van der Waals surface area (Å²) >= 11 is 5.81. The quantitative estimate of drug-likeness (QED) is 0.799. The van der Waals surface area contributed by atoms with E-state index in [1.807, 2.05) is 17.0 Å². The molecule has 1 N–H and O–H groups in total. The zero-order valence-corrected chi connectivity index (χ0v) is 14.7. The summed E-state index contributed by atoms with van der Waals surface area (Å²) in [5, 5.41) is 10.9. The van der Waals surface area contributed by atoms with Gasteiger partial charge in [-0.2, -0.15) is 0 Å². The summed E-state index contributed by atoms with van der Waals surface area (Å²) in [4.78, 5) is 12.5. The predicted molar refractivity (Wildman–Crippen MR) is 96.2 cm³/mol. The van der Waals surface area contributed by atoms with Crippen molar-refractivity contribution in [2.75, 3.05) is 31.1 Å². The number of aromatic nitrogens is 2. The first-order chi connectivity index (χ1) is 12.1. The van der Waals surface area contributed by atoms with Gasteiger partial charge in [0.05, 0.1) is 24.0 Å². The fourth-order valence-corrected chi connectivity index (χ4v) is 3.11. The van der Waals surface area contributed by atoms with Crippen LogP contribution in [0.1, 0.15) is 18.4 Å². The molecule has 0 bridgehead atoms. The number of aryl methyl sites for hydroxylation is 1. The predicted octanol–water partition coefficient (Wildman–Crippen LogP) is 2.73. The molecule has 2 heterocycles. The van der Waals surface area contributed by atoms with Crippen molar-refractivity contribution in [3.8, 4) is 0 Å². The van der Waals surface area contributed by atoms with Crippen molar-refractivity contribution < 1.29 is 9.50 Å². The molecule has 0 radical (unpaired) electrons. The van der Waals surface area contributed by atoms with Crippen LogP contribution in [-0.4, -0.2) is 52.4 Å². The van der Waals surface area contributed by atoms with Crippen molar-refractivity contribution in [3.63, 3.8) is 0 Å². The van der Waals surface area contributed by atoms with Crippen LogP contribution in [0.15, 0.2) is 36.7 Å². The van der Waals surface area contributed by atoms with Crippen molar-refractivity contribution in [1.29, 1.82) is 0 Å². The Hall–Kier alpha value is -1.76. The average molecular weight is 365 g/mol. The molecule has 0 spiro atoms. The first kappa shape index (κ1) is 18.0. The minimum absolute atomic E-state index is 0.200. The summed E-state index contributed by atoms with van der Waals surface area (Å²) in [5.41, 5.74) is 1.15. The summed E-state index contributed by atoms with van der Waals surface area (Å²) in [6.45, 7) is 2.87. The molecule has 1 aliphatic heterocycles. The monoisotopic (exact) mass is 364 g/mol. The summed E-state index contributed by atoms with van der Waals surface area (Å²) in [7, 11) is 0. The number of halogens is 2. The Kier molecular flexibility index (Phi) is 6.18. The van der Waals surface area contributed by atoms with Gasteiger partial charge in [-0.15, -0.1) is 0 Å². The number of benzene rings is 1. The Morgan fingerprint density at radius 1 is 1.12 bits per heavy atom. The minimum Gasteiger partial charge on any atom is -0.376 e. The standard InChI is InChI=1S/C18H22ClFN4O/c19-15-11-21-18(22-12-15)24-10-9-23(17(25)13-24)8-2-1-3-14-4-6-16(20)7-5-14/h4-7,11-12,17,25H,1-3,8-10,13H2. The molecule has 1 saturated heterocycles. The molecule has 1 fully saturated rings. The second-order valence-corrected chi connectivity index (χ2v) is 6.68. The zero-order valence-electron chi connectivity index (χ0n) is 14.0. The lowest BCUT2D eigenvalue weighted by Crippen LogP contribution is -2.53. The SMILES string of the molecule is OC1CN(c2ncc(Cl)cn2)CCN1CCCCc1ccc(F)cc1. The van der Waals surface area contributed by atoms with Gasteiger partial charge in [0.1, 0.15) is 12.0 Å². The number of nitrogens with zero attached hydrogens (tertiary/aromatic N) is 4. The Bertz CT molecular complexity index is 668. The Labute approximate surface area is 152 Å². The highest BCUT2D eigenvalue weighted by Crippen LogP contribution is 2.16. The molecule has 0 saturated carbocycles.